The van der Waals surface area contributed by atoms with Crippen molar-refractivity contribution >= 4 is 59.3 Å². The molecule has 0 unspecified atom stereocenters. The van der Waals surface area contributed by atoms with Gasteiger partial charge in [0, 0.05) is 26.7 Å². The molecule has 262 valence electrons. The second-order valence-corrected chi connectivity index (χ2v) is 16.2. The van der Waals surface area contributed by atoms with Crippen molar-refractivity contribution in [1.82, 2.24) is 0 Å². The molecular weight excluding hydrogens is 695 g/mol. The van der Waals surface area contributed by atoms with Gasteiger partial charge in [-0.25, -0.2) is 0 Å². The van der Waals surface area contributed by atoms with Crippen LogP contribution in [0, 0.1) is 6.92 Å². The number of benzene rings is 9. The number of nitrogens with zero attached hydrogens (tertiary/aromatic N) is 1. The maximum absolute atomic E-state index is 2.57. The monoisotopic (exact) mass is 729 g/mol. The number of rotatable bonds is 4. The molecule has 1 spiro atoms. The zero-order chi connectivity index (χ0) is 37.0. The first kappa shape index (κ1) is 31.6. The van der Waals surface area contributed by atoms with Crippen LogP contribution in [0.1, 0.15) is 27.8 Å². The van der Waals surface area contributed by atoms with E-state index in [0.29, 0.717) is 0 Å². The van der Waals surface area contributed by atoms with E-state index in [1.165, 1.54) is 104 Å². The standard InChI is InChI=1S/C54H35NS/c1-34-15-13-23-43-50-39-19-6-5-18-37(39)33-49(53(50)56-52(34)43)55(38-31-29-36(30-32-38)35-16-3-2-4-17-35)48-28-14-27-47-51(48)42-22-9-12-26-46(42)54(47)44-24-10-7-20-40(44)41-21-8-11-25-45(41)54/h2-33H,1H3. The van der Waals surface area contributed by atoms with Gasteiger partial charge in [-0.2, -0.15) is 0 Å². The minimum Gasteiger partial charge on any atom is -0.308 e. The zero-order valence-corrected chi connectivity index (χ0v) is 31.6. The Labute approximate surface area is 330 Å². The normalized spacial score (nSPS) is 13.2. The van der Waals surface area contributed by atoms with Gasteiger partial charge in [-0.15, -0.1) is 11.3 Å². The summed E-state index contributed by atoms with van der Waals surface area (Å²) in [6.07, 6.45) is 0. The van der Waals surface area contributed by atoms with Crippen LogP contribution in [-0.2, 0) is 5.41 Å². The summed E-state index contributed by atoms with van der Waals surface area (Å²) in [5, 5.41) is 5.19. The van der Waals surface area contributed by atoms with Crippen molar-refractivity contribution in [3.8, 4) is 33.4 Å². The second kappa shape index (κ2) is 11.9. The van der Waals surface area contributed by atoms with Crippen LogP contribution in [0.3, 0.4) is 0 Å². The van der Waals surface area contributed by atoms with Gasteiger partial charge in [-0.3, -0.25) is 0 Å². The molecule has 2 heteroatoms. The Balaban J connectivity index is 1.20. The lowest BCUT2D eigenvalue weighted by Crippen LogP contribution is -2.26. The molecule has 2 aliphatic carbocycles. The fourth-order valence-corrected chi connectivity index (χ4v) is 11.4. The summed E-state index contributed by atoms with van der Waals surface area (Å²) in [7, 11) is 0. The first-order chi connectivity index (χ1) is 27.7. The minimum absolute atomic E-state index is 0.425. The first-order valence-electron chi connectivity index (χ1n) is 19.4. The second-order valence-electron chi connectivity index (χ2n) is 15.2. The summed E-state index contributed by atoms with van der Waals surface area (Å²) in [5.41, 5.74) is 17.5. The lowest BCUT2D eigenvalue weighted by Gasteiger charge is -2.32. The lowest BCUT2D eigenvalue weighted by atomic mass is 9.70. The number of anilines is 3. The van der Waals surface area contributed by atoms with Gasteiger partial charge in [0.05, 0.1) is 21.5 Å². The highest BCUT2D eigenvalue weighted by atomic mass is 32.1. The first-order valence-corrected chi connectivity index (χ1v) is 20.3. The molecule has 0 saturated carbocycles. The van der Waals surface area contributed by atoms with Crippen LogP contribution in [0.2, 0.25) is 0 Å². The van der Waals surface area contributed by atoms with E-state index in [-0.39, 0.29) is 0 Å². The van der Waals surface area contributed by atoms with Crippen molar-refractivity contribution in [2.45, 2.75) is 12.3 Å². The van der Waals surface area contributed by atoms with E-state index in [2.05, 4.69) is 206 Å². The molecule has 0 atom stereocenters. The number of aryl methyl sites for hydroxylation is 1. The maximum atomic E-state index is 2.57. The summed E-state index contributed by atoms with van der Waals surface area (Å²) < 4.78 is 2.65. The average Bonchev–Trinajstić information content (AvgIpc) is 3.91. The van der Waals surface area contributed by atoms with Gasteiger partial charge >= 0.3 is 0 Å². The van der Waals surface area contributed by atoms with Crippen molar-refractivity contribution < 1.29 is 0 Å². The van der Waals surface area contributed by atoms with Crippen molar-refractivity contribution in [2.75, 3.05) is 4.90 Å². The van der Waals surface area contributed by atoms with E-state index in [9.17, 15) is 0 Å². The highest BCUT2D eigenvalue weighted by molar-refractivity contribution is 7.26. The molecule has 0 saturated heterocycles. The van der Waals surface area contributed by atoms with Gasteiger partial charge in [0.25, 0.3) is 0 Å². The van der Waals surface area contributed by atoms with Crippen LogP contribution in [0.4, 0.5) is 17.1 Å². The largest absolute Gasteiger partial charge is 0.308 e. The molecular formula is C54H35NS. The Hall–Kier alpha value is -6.74. The topological polar surface area (TPSA) is 3.24 Å². The van der Waals surface area contributed by atoms with E-state index >= 15 is 0 Å². The van der Waals surface area contributed by atoms with Crippen LogP contribution >= 0.6 is 11.3 Å². The molecule has 9 aromatic carbocycles. The van der Waals surface area contributed by atoms with Gasteiger partial charge in [-0.1, -0.05) is 170 Å². The molecule has 0 fully saturated rings. The Morgan fingerprint density at radius 3 is 1.75 bits per heavy atom. The summed E-state index contributed by atoms with van der Waals surface area (Å²) in [6.45, 7) is 2.25. The summed E-state index contributed by atoms with van der Waals surface area (Å²) >= 11 is 1.92. The molecule has 56 heavy (non-hydrogen) atoms. The maximum Gasteiger partial charge on any atom is 0.0726 e. The zero-order valence-electron chi connectivity index (χ0n) is 30.8. The summed E-state index contributed by atoms with van der Waals surface area (Å²) in [6, 6.07) is 72.4. The van der Waals surface area contributed by atoms with Crippen molar-refractivity contribution in [1.29, 1.82) is 0 Å². The average molecular weight is 730 g/mol. The van der Waals surface area contributed by atoms with E-state index < -0.39 is 5.41 Å². The molecule has 0 amide bonds. The number of hydrogen-bond acceptors (Lipinski definition) is 2. The number of thiophene rings is 1. The molecule has 1 aromatic heterocycles. The number of fused-ring (bicyclic) bond motifs is 15. The quantitative estimate of drug-likeness (QED) is 0.174. The fourth-order valence-electron chi connectivity index (χ4n) is 10.1. The molecule has 1 nitrogen and oxygen atoms in total. The van der Waals surface area contributed by atoms with Gasteiger partial charge < -0.3 is 4.90 Å². The molecule has 10 aromatic rings. The molecule has 2 aliphatic rings. The van der Waals surface area contributed by atoms with Gasteiger partial charge in [0.1, 0.15) is 0 Å². The third-order valence-corrected chi connectivity index (χ3v) is 13.7. The third kappa shape index (κ3) is 4.20. The van der Waals surface area contributed by atoms with Crippen molar-refractivity contribution in [3.63, 3.8) is 0 Å². The highest BCUT2D eigenvalue weighted by Crippen LogP contribution is 2.65. The van der Waals surface area contributed by atoms with Crippen LogP contribution in [-0.4, -0.2) is 0 Å². The van der Waals surface area contributed by atoms with Crippen LogP contribution in [0.5, 0.6) is 0 Å². The minimum atomic E-state index is -0.425. The predicted octanol–water partition coefficient (Wildman–Crippen LogP) is 15.0. The summed E-state index contributed by atoms with van der Waals surface area (Å²) in [5.74, 6) is 0. The van der Waals surface area contributed by atoms with Gasteiger partial charge in [-0.05, 0) is 97.6 Å². The van der Waals surface area contributed by atoms with Crippen LogP contribution < -0.4 is 4.90 Å². The third-order valence-electron chi connectivity index (χ3n) is 12.4. The van der Waals surface area contributed by atoms with E-state index in [1.807, 2.05) is 11.3 Å². The summed E-state index contributed by atoms with van der Waals surface area (Å²) in [4.78, 5) is 2.57. The lowest BCUT2D eigenvalue weighted by molar-refractivity contribution is 0.794. The molecule has 0 aliphatic heterocycles. The van der Waals surface area contributed by atoms with Crippen molar-refractivity contribution in [3.05, 3.63) is 222 Å². The number of hydrogen-bond donors (Lipinski definition) is 0. The van der Waals surface area contributed by atoms with E-state index in [4.69, 9.17) is 0 Å². The SMILES string of the molecule is Cc1cccc2c1sc1c(N(c3ccc(-c4ccccc4)cc3)c3cccc4c3-c3ccccc3C43c4ccccc4-c4ccccc43)cc3ccccc3c12. The Kier molecular flexibility index (Phi) is 6.70. The van der Waals surface area contributed by atoms with E-state index in [0.717, 1.165) is 5.69 Å². The molecule has 0 N–H and O–H groups in total. The molecule has 0 radical (unpaired) electrons. The smallest absolute Gasteiger partial charge is 0.0726 e. The molecule has 1 heterocycles. The predicted molar refractivity (Wildman–Crippen MR) is 238 cm³/mol. The van der Waals surface area contributed by atoms with E-state index in [1.54, 1.807) is 0 Å². The highest BCUT2D eigenvalue weighted by Gasteiger charge is 2.52. The Morgan fingerprint density at radius 2 is 1.00 bits per heavy atom. The van der Waals surface area contributed by atoms with Crippen LogP contribution in [0.15, 0.2) is 194 Å². The Bertz CT molecular complexity index is 3160. The Morgan fingerprint density at radius 1 is 0.429 bits per heavy atom. The molecule has 0 bridgehead atoms. The van der Waals surface area contributed by atoms with Gasteiger partial charge in [0.15, 0.2) is 0 Å². The fraction of sp³-hybridized carbons (Fsp3) is 0.0370. The van der Waals surface area contributed by atoms with Crippen molar-refractivity contribution in [2.24, 2.45) is 0 Å². The van der Waals surface area contributed by atoms with Crippen LogP contribution in [0.25, 0.3) is 64.3 Å². The van der Waals surface area contributed by atoms with Gasteiger partial charge in [0.2, 0.25) is 0 Å². The molecule has 12 rings (SSSR count).